The van der Waals surface area contributed by atoms with Crippen molar-refractivity contribution in [3.8, 4) is 0 Å². The Labute approximate surface area is 206 Å². The van der Waals surface area contributed by atoms with Gasteiger partial charge in [0.05, 0.1) is 28.4 Å². The highest BCUT2D eigenvalue weighted by Crippen LogP contribution is 2.35. The molecule has 0 spiro atoms. The summed E-state index contributed by atoms with van der Waals surface area (Å²) in [6.07, 6.45) is 0. The first-order valence-corrected chi connectivity index (χ1v) is 12.1. The summed E-state index contributed by atoms with van der Waals surface area (Å²) >= 11 is 7.60. The van der Waals surface area contributed by atoms with Gasteiger partial charge in [0.1, 0.15) is 5.69 Å². The number of nitrogens with zero attached hydrogens (tertiary/aromatic N) is 5. The quantitative estimate of drug-likeness (QED) is 0.352. The molecule has 2 aromatic carbocycles. The summed E-state index contributed by atoms with van der Waals surface area (Å²) < 4.78 is 6.25. The number of halogens is 1. The lowest BCUT2D eigenvalue weighted by molar-refractivity contribution is -0.384. The number of aryl methyl sites for hydroxylation is 1. The summed E-state index contributed by atoms with van der Waals surface area (Å²) in [6.45, 7) is 5.08. The van der Waals surface area contributed by atoms with E-state index in [2.05, 4.69) is 0 Å². The van der Waals surface area contributed by atoms with Gasteiger partial charge < -0.3 is 14.5 Å². The molecule has 3 aromatic rings. The van der Waals surface area contributed by atoms with Crippen molar-refractivity contribution in [3.05, 3.63) is 56.6 Å². The first kappa shape index (κ1) is 24.3. The third kappa shape index (κ3) is 5.15. The van der Waals surface area contributed by atoms with Crippen molar-refractivity contribution < 1.29 is 14.5 Å². The van der Waals surface area contributed by atoms with Crippen LogP contribution in [0.1, 0.15) is 15.9 Å². The molecule has 180 valence electrons. The Morgan fingerprint density at radius 1 is 1.24 bits per heavy atom. The maximum absolute atomic E-state index is 13.6. The van der Waals surface area contributed by atoms with Crippen LogP contribution in [-0.4, -0.2) is 74.2 Å². The summed E-state index contributed by atoms with van der Waals surface area (Å²) in [7, 11) is 3.85. The van der Waals surface area contributed by atoms with Gasteiger partial charge in [0.15, 0.2) is 5.13 Å². The molecule has 0 atom stereocenters. The molecule has 0 unspecified atom stereocenters. The first-order chi connectivity index (χ1) is 16.2. The Balaban J connectivity index is 1.72. The minimum absolute atomic E-state index is 0.0905. The minimum atomic E-state index is -0.436. The summed E-state index contributed by atoms with van der Waals surface area (Å²) in [5.74, 6) is -0.332. The Hall–Kier alpha value is -2.79. The fourth-order valence-electron chi connectivity index (χ4n) is 3.87. The molecule has 0 aliphatic carbocycles. The molecule has 11 heteroatoms. The number of rotatable bonds is 7. The fraction of sp³-hybridized carbons (Fsp3) is 0.391. The van der Waals surface area contributed by atoms with E-state index in [0.717, 1.165) is 15.8 Å². The summed E-state index contributed by atoms with van der Waals surface area (Å²) in [4.78, 5) is 35.3. The van der Waals surface area contributed by atoms with E-state index in [0.29, 0.717) is 55.2 Å². The van der Waals surface area contributed by atoms with Gasteiger partial charge >= 0.3 is 0 Å². The lowest BCUT2D eigenvalue weighted by Crippen LogP contribution is -2.37. The Bertz CT molecular complexity index is 1230. The third-order valence-electron chi connectivity index (χ3n) is 5.66. The number of benzene rings is 2. The predicted molar refractivity (Wildman–Crippen MR) is 136 cm³/mol. The van der Waals surface area contributed by atoms with Crippen LogP contribution >= 0.6 is 22.9 Å². The second-order valence-corrected chi connectivity index (χ2v) is 9.83. The number of amides is 1. The van der Waals surface area contributed by atoms with Crippen LogP contribution in [0.5, 0.6) is 0 Å². The summed E-state index contributed by atoms with van der Waals surface area (Å²) in [5.41, 5.74) is 2.37. The number of hydrogen-bond donors (Lipinski definition) is 0. The van der Waals surface area contributed by atoms with Crippen molar-refractivity contribution in [1.82, 2.24) is 9.88 Å². The van der Waals surface area contributed by atoms with E-state index in [1.807, 2.05) is 43.0 Å². The molecule has 0 bridgehead atoms. The van der Waals surface area contributed by atoms with Gasteiger partial charge in [-0.25, -0.2) is 4.98 Å². The zero-order valence-corrected chi connectivity index (χ0v) is 20.9. The lowest BCUT2D eigenvalue weighted by Gasteiger charge is -2.28. The maximum Gasteiger partial charge on any atom is 0.293 e. The van der Waals surface area contributed by atoms with Crippen molar-refractivity contribution >= 4 is 55.6 Å². The number of morpholine rings is 1. The Morgan fingerprint density at radius 3 is 2.65 bits per heavy atom. The number of thiazole rings is 1. The van der Waals surface area contributed by atoms with Crippen LogP contribution in [0.15, 0.2) is 30.3 Å². The van der Waals surface area contributed by atoms with Crippen molar-refractivity contribution in [2.75, 3.05) is 63.3 Å². The highest BCUT2D eigenvalue weighted by molar-refractivity contribution is 7.22. The smallest absolute Gasteiger partial charge is 0.293 e. The number of likely N-dealkylation sites (N-methyl/N-ethyl adjacent to an activating group) is 1. The van der Waals surface area contributed by atoms with Gasteiger partial charge in [-0.1, -0.05) is 22.9 Å². The predicted octanol–water partition coefficient (Wildman–Crippen LogP) is 4.21. The van der Waals surface area contributed by atoms with Crippen molar-refractivity contribution in [2.45, 2.75) is 6.92 Å². The van der Waals surface area contributed by atoms with Crippen LogP contribution in [0.25, 0.3) is 10.2 Å². The molecule has 1 fully saturated rings. The summed E-state index contributed by atoms with van der Waals surface area (Å²) in [5, 5.41) is 13.0. The number of ether oxygens (including phenoxy) is 1. The van der Waals surface area contributed by atoms with E-state index in [9.17, 15) is 14.9 Å². The van der Waals surface area contributed by atoms with Gasteiger partial charge in [-0.15, -0.1) is 0 Å². The monoisotopic (exact) mass is 503 g/mol. The molecule has 1 aliphatic rings. The molecular weight excluding hydrogens is 478 g/mol. The Morgan fingerprint density at radius 2 is 1.97 bits per heavy atom. The standard InChI is InChI=1S/C23H26ClN5O4S/c1-15-12-17(24)14-20-21(15)25-23(34-20)28(7-6-26(2)3)22(30)16-4-5-18(19(13-16)29(31)32)27-8-10-33-11-9-27/h4-5,12-14H,6-11H2,1-3H3. The van der Waals surface area contributed by atoms with Gasteiger partial charge in [0.25, 0.3) is 11.6 Å². The second-order valence-electron chi connectivity index (χ2n) is 8.39. The lowest BCUT2D eigenvalue weighted by atomic mass is 10.1. The molecule has 2 heterocycles. The molecule has 4 rings (SSSR count). The van der Waals surface area contributed by atoms with E-state index < -0.39 is 4.92 Å². The van der Waals surface area contributed by atoms with E-state index in [-0.39, 0.29) is 17.2 Å². The van der Waals surface area contributed by atoms with Gasteiger partial charge in [0, 0.05) is 42.8 Å². The van der Waals surface area contributed by atoms with Crippen LogP contribution < -0.4 is 9.80 Å². The normalized spacial score (nSPS) is 14.1. The Kier molecular flexibility index (Phi) is 7.32. The van der Waals surface area contributed by atoms with E-state index in [4.69, 9.17) is 21.3 Å². The largest absolute Gasteiger partial charge is 0.378 e. The molecule has 9 nitrogen and oxygen atoms in total. The number of hydrogen-bond acceptors (Lipinski definition) is 8. The number of aromatic nitrogens is 1. The zero-order valence-electron chi connectivity index (χ0n) is 19.3. The molecule has 1 amide bonds. The van der Waals surface area contributed by atoms with Crippen LogP contribution in [-0.2, 0) is 4.74 Å². The second kappa shape index (κ2) is 10.2. The average molecular weight is 504 g/mol. The minimum Gasteiger partial charge on any atom is -0.378 e. The molecule has 34 heavy (non-hydrogen) atoms. The highest BCUT2D eigenvalue weighted by atomic mass is 35.5. The molecule has 1 saturated heterocycles. The van der Waals surface area contributed by atoms with Crippen LogP contribution in [0.3, 0.4) is 0 Å². The SMILES string of the molecule is Cc1cc(Cl)cc2sc(N(CCN(C)C)C(=O)c3ccc(N4CCOCC4)c([N+](=O)[O-])c3)nc12. The summed E-state index contributed by atoms with van der Waals surface area (Å²) in [6, 6.07) is 8.35. The fourth-order valence-corrected chi connectivity index (χ4v) is 5.32. The maximum atomic E-state index is 13.6. The molecule has 0 N–H and O–H groups in total. The van der Waals surface area contributed by atoms with Gasteiger partial charge in [0.2, 0.25) is 0 Å². The first-order valence-electron chi connectivity index (χ1n) is 10.9. The molecule has 1 aliphatic heterocycles. The van der Waals surface area contributed by atoms with Crippen LogP contribution in [0.4, 0.5) is 16.5 Å². The van der Waals surface area contributed by atoms with Crippen molar-refractivity contribution in [3.63, 3.8) is 0 Å². The van der Waals surface area contributed by atoms with E-state index in [1.54, 1.807) is 17.0 Å². The molecule has 0 saturated carbocycles. The number of nitro groups is 1. The molecule has 1 aromatic heterocycles. The number of anilines is 2. The van der Waals surface area contributed by atoms with Crippen molar-refractivity contribution in [1.29, 1.82) is 0 Å². The highest BCUT2D eigenvalue weighted by Gasteiger charge is 2.27. The van der Waals surface area contributed by atoms with E-state index >= 15 is 0 Å². The number of carbonyl (C=O) groups excluding carboxylic acids is 1. The van der Waals surface area contributed by atoms with Crippen molar-refractivity contribution in [2.24, 2.45) is 0 Å². The van der Waals surface area contributed by atoms with Gasteiger partial charge in [-0.05, 0) is 50.8 Å². The van der Waals surface area contributed by atoms with Gasteiger partial charge in [-0.2, -0.15) is 0 Å². The number of fused-ring (bicyclic) bond motifs is 1. The van der Waals surface area contributed by atoms with Crippen LogP contribution in [0, 0.1) is 17.0 Å². The number of nitro benzene ring substituents is 1. The number of carbonyl (C=O) groups is 1. The third-order valence-corrected chi connectivity index (χ3v) is 6.90. The average Bonchev–Trinajstić information content (AvgIpc) is 3.23. The van der Waals surface area contributed by atoms with Gasteiger partial charge in [-0.3, -0.25) is 19.8 Å². The van der Waals surface area contributed by atoms with Crippen LogP contribution in [0.2, 0.25) is 5.02 Å². The van der Waals surface area contributed by atoms with E-state index in [1.165, 1.54) is 17.4 Å². The molecular formula is C23H26ClN5O4S. The molecule has 0 radical (unpaired) electrons. The topological polar surface area (TPSA) is 92.0 Å². The zero-order chi connectivity index (χ0) is 24.4.